The number of aromatic nitrogens is 1. The van der Waals surface area contributed by atoms with E-state index in [1.807, 2.05) is 37.4 Å². The van der Waals surface area contributed by atoms with E-state index in [1.165, 1.54) is 0 Å². The summed E-state index contributed by atoms with van der Waals surface area (Å²) in [5, 5.41) is 11.7. The van der Waals surface area contributed by atoms with Gasteiger partial charge in [0.25, 0.3) is 0 Å². The number of nitrogens with zero attached hydrogens (tertiary/aromatic N) is 2. The third-order valence-corrected chi connectivity index (χ3v) is 3.58. The molecule has 17 heavy (non-hydrogen) atoms. The number of likely N-dealkylation sites (tertiary alicyclic amines) is 1. The lowest BCUT2D eigenvalue weighted by Gasteiger charge is -2.23. The van der Waals surface area contributed by atoms with Crippen molar-refractivity contribution in [2.75, 3.05) is 20.1 Å². The summed E-state index contributed by atoms with van der Waals surface area (Å²) in [6, 6.07) is 10.0. The molecule has 0 saturated carbocycles. The second kappa shape index (κ2) is 3.79. The predicted molar refractivity (Wildman–Crippen MR) is 67.8 cm³/mol. The minimum absolute atomic E-state index is 0.700. The average Bonchev–Trinajstić information content (AvgIpc) is 2.70. The zero-order valence-corrected chi connectivity index (χ0v) is 9.93. The Morgan fingerprint density at radius 2 is 2.24 bits per heavy atom. The van der Waals surface area contributed by atoms with Crippen LogP contribution in [-0.4, -0.2) is 35.1 Å². The van der Waals surface area contributed by atoms with Crippen molar-refractivity contribution in [3.63, 3.8) is 0 Å². The Hall–Kier alpha value is -1.45. The summed E-state index contributed by atoms with van der Waals surface area (Å²) in [5.74, 6) is 0. The Morgan fingerprint density at radius 3 is 3.00 bits per heavy atom. The van der Waals surface area contributed by atoms with Crippen LogP contribution in [0, 0.1) is 0 Å². The molecule has 1 aliphatic rings. The quantitative estimate of drug-likeness (QED) is 0.808. The van der Waals surface area contributed by atoms with E-state index in [0.29, 0.717) is 6.54 Å². The minimum Gasteiger partial charge on any atom is -0.384 e. The molecule has 0 bridgehead atoms. The number of fused-ring (bicyclic) bond motifs is 1. The number of rotatable bonds is 1. The van der Waals surface area contributed by atoms with Gasteiger partial charge in [-0.2, -0.15) is 0 Å². The molecule has 88 valence electrons. The first-order valence-corrected chi connectivity index (χ1v) is 5.94. The molecule has 3 nitrogen and oxygen atoms in total. The second-order valence-electron chi connectivity index (χ2n) is 4.93. The topological polar surface area (TPSA) is 36.4 Å². The number of likely N-dealkylation sites (N-methyl/N-ethyl adjacent to an activating group) is 1. The summed E-state index contributed by atoms with van der Waals surface area (Å²) in [4.78, 5) is 6.49. The van der Waals surface area contributed by atoms with Gasteiger partial charge >= 0.3 is 0 Å². The Labute approximate surface area is 101 Å². The zero-order chi connectivity index (χ0) is 11.9. The van der Waals surface area contributed by atoms with Gasteiger partial charge in [0, 0.05) is 24.7 Å². The number of aliphatic hydroxyl groups is 1. The molecule has 0 amide bonds. The number of benzene rings is 1. The van der Waals surface area contributed by atoms with Gasteiger partial charge in [-0.05, 0) is 31.2 Å². The van der Waals surface area contributed by atoms with Crippen molar-refractivity contribution >= 4 is 10.9 Å². The van der Waals surface area contributed by atoms with Crippen LogP contribution in [0.4, 0.5) is 0 Å². The Balaban J connectivity index is 2.06. The lowest BCUT2D eigenvalue weighted by Crippen LogP contribution is -2.29. The SMILES string of the molecule is CN1CCC(O)(c2ccc3cccnc3c2)C1. The van der Waals surface area contributed by atoms with Crippen molar-refractivity contribution in [1.29, 1.82) is 0 Å². The standard InChI is InChI=1S/C14H16N2O/c1-16-8-6-14(17,10-16)12-5-4-11-3-2-7-15-13(11)9-12/h2-5,7,9,17H,6,8,10H2,1H3. The normalized spacial score (nSPS) is 25.5. The van der Waals surface area contributed by atoms with Crippen LogP contribution in [0.1, 0.15) is 12.0 Å². The molecule has 1 atom stereocenters. The van der Waals surface area contributed by atoms with Crippen molar-refractivity contribution < 1.29 is 5.11 Å². The average molecular weight is 228 g/mol. The maximum absolute atomic E-state index is 10.6. The molecule has 1 N–H and O–H groups in total. The summed E-state index contributed by atoms with van der Waals surface area (Å²) in [6.45, 7) is 1.64. The molecule has 3 heteroatoms. The Morgan fingerprint density at radius 1 is 1.35 bits per heavy atom. The van der Waals surface area contributed by atoms with Gasteiger partial charge < -0.3 is 10.0 Å². The van der Waals surface area contributed by atoms with Crippen LogP contribution in [0.25, 0.3) is 10.9 Å². The van der Waals surface area contributed by atoms with E-state index in [1.54, 1.807) is 6.20 Å². The van der Waals surface area contributed by atoms with Gasteiger partial charge in [0.15, 0.2) is 0 Å². The van der Waals surface area contributed by atoms with Gasteiger partial charge in [-0.25, -0.2) is 0 Å². The van der Waals surface area contributed by atoms with E-state index in [-0.39, 0.29) is 0 Å². The summed E-state index contributed by atoms with van der Waals surface area (Å²) in [7, 11) is 2.04. The highest BCUT2D eigenvalue weighted by Gasteiger charge is 2.36. The van der Waals surface area contributed by atoms with Crippen molar-refractivity contribution in [1.82, 2.24) is 9.88 Å². The molecule has 1 unspecified atom stereocenters. The monoisotopic (exact) mass is 228 g/mol. The smallest absolute Gasteiger partial charge is 0.104 e. The van der Waals surface area contributed by atoms with Gasteiger partial charge in [-0.1, -0.05) is 18.2 Å². The third kappa shape index (κ3) is 1.81. The molecule has 1 aromatic carbocycles. The fourth-order valence-corrected chi connectivity index (χ4v) is 2.57. The van der Waals surface area contributed by atoms with E-state index >= 15 is 0 Å². The van der Waals surface area contributed by atoms with Gasteiger partial charge in [0.05, 0.1) is 5.52 Å². The first-order valence-electron chi connectivity index (χ1n) is 5.94. The molecular weight excluding hydrogens is 212 g/mol. The van der Waals surface area contributed by atoms with E-state index in [2.05, 4.69) is 9.88 Å². The maximum Gasteiger partial charge on any atom is 0.104 e. The molecule has 0 aliphatic carbocycles. The highest BCUT2D eigenvalue weighted by molar-refractivity contribution is 5.79. The highest BCUT2D eigenvalue weighted by Crippen LogP contribution is 2.32. The van der Waals surface area contributed by atoms with Crippen LogP contribution in [0.5, 0.6) is 0 Å². The number of hydrogen-bond acceptors (Lipinski definition) is 3. The number of hydrogen-bond donors (Lipinski definition) is 1. The first kappa shape index (κ1) is 10.7. The van der Waals surface area contributed by atoms with Crippen LogP contribution in [-0.2, 0) is 5.60 Å². The van der Waals surface area contributed by atoms with E-state index in [4.69, 9.17) is 0 Å². The summed E-state index contributed by atoms with van der Waals surface area (Å²) >= 11 is 0. The summed E-state index contributed by atoms with van der Waals surface area (Å²) < 4.78 is 0. The number of pyridine rings is 1. The van der Waals surface area contributed by atoms with Gasteiger partial charge in [-0.3, -0.25) is 4.98 Å². The Kier molecular flexibility index (Phi) is 2.38. The van der Waals surface area contributed by atoms with Crippen molar-refractivity contribution in [2.45, 2.75) is 12.0 Å². The zero-order valence-electron chi connectivity index (χ0n) is 9.93. The predicted octanol–water partition coefficient (Wildman–Crippen LogP) is 1.76. The maximum atomic E-state index is 10.6. The largest absolute Gasteiger partial charge is 0.384 e. The molecule has 1 saturated heterocycles. The molecule has 1 fully saturated rings. The van der Waals surface area contributed by atoms with E-state index < -0.39 is 5.60 Å². The van der Waals surface area contributed by atoms with Crippen LogP contribution >= 0.6 is 0 Å². The van der Waals surface area contributed by atoms with Crippen molar-refractivity contribution in [3.05, 3.63) is 42.1 Å². The summed E-state index contributed by atoms with van der Waals surface area (Å²) in [6.07, 6.45) is 2.58. The van der Waals surface area contributed by atoms with Crippen LogP contribution in [0.15, 0.2) is 36.5 Å². The fraction of sp³-hybridized carbons (Fsp3) is 0.357. The van der Waals surface area contributed by atoms with E-state index in [9.17, 15) is 5.11 Å². The van der Waals surface area contributed by atoms with Gasteiger partial charge in [0.2, 0.25) is 0 Å². The molecule has 0 radical (unpaired) electrons. The van der Waals surface area contributed by atoms with E-state index in [0.717, 1.165) is 29.4 Å². The lowest BCUT2D eigenvalue weighted by molar-refractivity contribution is 0.0490. The molecule has 1 aliphatic heterocycles. The highest BCUT2D eigenvalue weighted by atomic mass is 16.3. The molecule has 2 heterocycles. The van der Waals surface area contributed by atoms with Crippen LogP contribution < -0.4 is 0 Å². The van der Waals surface area contributed by atoms with Crippen molar-refractivity contribution in [2.24, 2.45) is 0 Å². The molecule has 2 aromatic rings. The molecule has 3 rings (SSSR count). The molecule has 0 spiro atoms. The van der Waals surface area contributed by atoms with Gasteiger partial charge in [-0.15, -0.1) is 0 Å². The number of β-amino-alcohol motifs (C(OH)–C–C–N with tert-alkyl or cyclic N) is 1. The second-order valence-corrected chi connectivity index (χ2v) is 4.93. The fourth-order valence-electron chi connectivity index (χ4n) is 2.57. The van der Waals surface area contributed by atoms with Crippen LogP contribution in [0.2, 0.25) is 0 Å². The first-order chi connectivity index (χ1) is 8.17. The van der Waals surface area contributed by atoms with Gasteiger partial charge in [0.1, 0.15) is 5.60 Å². The summed E-state index contributed by atoms with van der Waals surface area (Å²) in [5.41, 5.74) is 1.22. The third-order valence-electron chi connectivity index (χ3n) is 3.58. The molecule has 1 aromatic heterocycles. The van der Waals surface area contributed by atoms with Crippen molar-refractivity contribution in [3.8, 4) is 0 Å². The lowest BCUT2D eigenvalue weighted by atomic mass is 9.92. The van der Waals surface area contributed by atoms with Crippen LogP contribution in [0.3, 0.4) is 0 Å². The molecular formula is C14H16N2O. The minimum atomic E-state index is -0.708. The Bertz CT molecular complexity index is 555.